The van der Waals surface area contributed by atoms with Crippen molar-refractivity contribution in [3.05, 3.63) is 45.1 Å². The lowest BCUT2D eigenvalue weighted by atomic mass is 10.1. The lowest BCUT2D eigenvalue weighted by Crippen LogP contribution is -2.18. The van der Waals surface area contributed by atoms with E-state index in [-0.39, 0.29) is 5.82 Å². The van der Waals surface area contributed by atoms with E-state index in [0.29, 0.717) is 5.69 Å². The summed E-state index contributed by atoms with van der Waals surface area (Å²) in [5.74, 6) is -1.62. The van der Waals surface area contributed by atoms with E-state index >= 15 is 0 Å². The number of carboxylic acid groups (broad SMARTS) is 1. The van der Waals surface area contributed by atoms with E-state index in [1.54, 1.807) is 0 Å². The van der Waals surface area contributed by atoms with Gasteiger partial charge in [0.25, 0.3) is 0 Å². The maximum atomic E-state index is 11.7. The summed E-state index contributed by atoms with van der Waals surface area (Å²) in [5.41, 5.74) is 2.89. The van der Waals surface area contributed by atoms with Crippen molar-refractivity contribution in [2.24, 2.45) is 0 Å². The zero-order valence-electron chi connectivity index (χ0n) is 10.3. The number of rotatable bonds is 2. The second-order valence-electron chi connectivity index (χ2n) is 4.24. The molecule has 0 amide bonds. The van der Waals surface area contributed by atoms with Gasteiger partial charge in [0.2, 0.25) is 5.82 Å². The number of carbonyl (C=O) groups is 1. The molecular weight excluding hydrogens is 234 g/mol. The van der Waals surface area contributed by atoms with Gasteiger partial charge in [0.1, 0.15) is 0 Å². The highest BCUT2D eigenvalue weighted by Gasteiger charge is 2.15. The van der Waals surface area contributed by atoms with E-state index in [2.05, 4.69) is 10.1 Å². The number of carboxylic acids is 1. The standard InChI is InChI=1S/C12H13N3O3/c1-6-4-7(2)9(8(3)5-6)15-12(18)13-10(14-15)11(16)17/h4-5H,1-3H3,(H,16,17)(H,13,14,18). The van der Waals surface area contributed by atoms with Crippen LogP contribution >= 0.6 is 0 Å². The molecule has 0 atom stereocenters. The second kappa shape index (κ2) is 4.14. The van der Waals surface area contributed by atoms with Gasteiger partial charge in [-0.3, -0.25) is 4.98 Å². The fourth-order valence-electron chi connectivity index (χ4n) is 2.08. The molecule has 2 rings (SSSR count). The number of nitrogens with zero attached hydrogens (tertiary/aromatic N) is 2. The SMILES string of the molecule is Cc1cc(C)c(-n2nc(C(=O)O)[nH]c2=O)c(C)c1. The van der Waals surface area contributed by atoms with E-state index in [1.165, 1.54) is 0 Å². The summed E-state index contributed by atoms with van der Waals surface area (Å²) in [5, 5.41) is 12.6. The molecule has 18 heavy (non-hydrogen) atoms. The molecule has 0 bridgehead atoms. The van der Waals surface area contributed by atoms with Crippen LogP contribution in [-0.2, 0) is 0 Å². The number of H-pyrrole nitrogens is 1. The smallest absolute Gasteiger partial charge is 0.373 e. The number of aromatic amines is 1. The van der Waals surface area contributed by atoms with Crippen LogP contribution < -0.4 is 5.69 Å². The first-order valence-electron chi connectivity index (χ1n) is 5.41. The van der Waals surface area contributed by atoms with Crippen LogP contribution in [0, 0.1) is 20.8 Å². The molecule has 0 radical (unpaired) electrons. The molecule has 6 nitrogen and oxygen atoms in total. The number of benzene rings is 1. The summed E-state index contributed by atoms with van der Waals surface area (Å²) < 4.78 is 1.09. The molecule has 0 spiro atoms. The first-order valence-corrected chi connectivity index (χ1v) is 5.41. The fourth-order valence-corrected chi connectivity index (χ4v) is 2.08. The fraction of sp³-hybridized carbons (Fsp3) is 0.250. The van der Waals surface area contributed by atoms with Crippen molar-refractivity contribution < 1.29 is 9.90 Å². The molecule has 1 aromatic heterocycles. The number of aromatic carboxylic acids is 1. The summed E-state index contributed by atoms with van der Waals surface area (Å²) in [6.45, 7) is 5.67. The minimum atomic E-state index is -1.26. The Morgan fingerprint density at radius 1 is 1.28 bits per heavy atom. The van der Waals surface area contributed by atoms with Crippen LogP contribution in [0.1, 0.15) is 27.3 Å². The highest BCUT2D eigenvalue weighted by atomic mass is 16.4. The van der Waals surface area contributed by atoms with Crippen molar-refractivity contribution in [3.63, 3.8) is 0 Å². The maximum absolute atomic E-state index is 11.7. The molecule has 1 heterocycles. The van der Waals surface area contributed by atoms with Crippen LogP contribution in [-0.4, -0.2) is 25.8 Å². The van der Waals surface area contributed by atoms with Gasteiger partial charge in [-0.25, -0.2) is 9.59 Å². The lowest BCUT2D eigenvalue weighted by molar-refractivity contribution is 0.0683. The quantitative estimate of drug-likeness (QED) is 0.834. The Bertz CT molecular complexity index is 659. The number of aromatic nitrogens is 3. The summed E-state index contributed by atoms with van der Waals surface area (Å²) in [4.78, 5) is 24.7. The zero-order chi connectivity index (χ0) is 13.4. The van der Waals surface area contributed by atoms with E-state index < -0.39 is 11.7 Å². The molecule has 6 heteroatoms. The number of aryl methyl sites for hydroxylation is 3. The lowest BCUT2D eigenvalue weighted by Gasteiger charge is -2.09. The number of nitrogens with one attached hydrogen (secondary N) is 1. The minimum Gasteiger partial charge on any atom is -0.475 e. The molecule has 0 aliphatic carbocycles. The van der Waals surface area contributed by atoms with Crippen LogP contribution in [0.25, 0.3) is 5.69 Å². The van der Waals surface area contributed by atoms with E-state index in [9.17, 15) is 9.59 Å². The minimum absolute atomic E-state index is 0.362. The van der Waals surface area contributed by atoms with Gasteiger partial charge in [-0.1, -0.05) is 17.7 Å². The van der Waals surface area contributed by atoms with E-state index in [0.717, 1.165) is 21.4 Å². The topological polar surface area (TPSA) is 88.0 Å². The molecule has 2 N–H and O–H groups in total. The molecule has 2 aromatic rings. The molecule has 0 aliphatic heterocycles. The molecule has 0 aliphatic rings. The van der Waals surface area contributed by atoms with Crippen molar-refractivity contribution in [2.45, 2.75) is 20.8 Å². The molecule has 0 saturated carbocycles. The normalized spacial score (nSPS) is 10.6. The maximum Gasteiger partial charge on any atom is 0.373 e. The predicted octanol–water partition coefficient (Wildman–Crippen LogP) is 1.18. The summed E-state index contributed by atoms with van der Waals surface area (Å²) in [6.07, 6.45) is 0. The Labute approximate surface area is 103 Å². The number of hydrogen-bond donors (Lipinski definition) is 2. The predicted molar refractivity (Wildman–Crippen MR) is 65.4 cm³/mol. The highest BCUT2D eigenvalue weighted by Crippen LogP contribution is 2.18. The van der Waals surface area contributed by atoms with Crippen LogP contribution in [0.5, 0.6) is 0 Å². The number of hydrogen-bond acceptors (Lipinski definition) is 3. The Morgan fingerprint density at radius 3 is 2.28 bits per heavy atom. The van der Waals surface area contributed by atoms with Crippen molar-refractivity contribution in [1.29, 1.82) is 0 Å². The first kappa shape index (κ1) is 12.1. The zero-order valence-corrected chi connectivity index (χ0v) is 10.3. The van der Waals surface area contributed by atoms with Gasteiger partial charge in [0, 0.05) is 0 Å². The Kier molecular flexibility index (Phi) is 2.78. The molecular formula is C12H13N3O3. The molecule has 0 fully saturated rings. The van der Waals surface area contributed by atoms with E-state index in [1.807, 2.05) is 32.9 Å². The first-order chi connectivity index (χ1) is 8.40. The van der Waals surface area contributed by atoms with Gasteiger partial charge in [-0.05, 0) is 31.9 Å². The molecule has 1 aromatic carbocycles. The third-order valence-electron chi connectivity index (χ3n) is 2.67. The van der Waals surface area contributed by atoms with Gasteiger partial charge in [0.05, 0.1) is 5.69 Å². The Balaban J connectivity index is 2.70. The second-order valence-corrected chi connectivity index (χ2v) is 4.24. The van der Waals surface area contributed by atoms with Gasteiger partial charge in [-0.15, -0.1) is 5.10 Å². The average molecular weight is 247 g/mol. The highest BCUT2D eigenvalue weighted by molar-refractivity contribution is 5.82. The summed E-state index contributed by atoms with van der Waals surface area (Å²) in [6, 6.07) is 3.84. The van der Waals surface area contributed by atoms with Crippen molar-refractivity contribution >= 4 is 5.97 Å². The van der Waals surface area contributed by atoms with Gasteiger partial charge >= 0.3 is 11.7 Å². The van der Waals surface area contributed by atoms with Gasteiger partial charge in [-0.2, -0.15) is 4.68 Å². The van der Waals surface area contributed by atoms with Crippen molar-refractivity contribution in [1.82, 2.24) is 14.8 Å². The monoisotopic (exact) mass is 247 g/mol. The third kappa shape index (κ3) is 1.92. The van der Waals surface area contributed by atoms with Gasteiger partial charge < -0.3 is 5.11 Å². The van der Waals surface area contributed by atoms with Crippen LogP contribution in [0.2, 0.25) is 0 Å². The summed E-state index contributed by atoms with van der Waals surface area (Å²) in [7, 11) is 0. The molecule has 94 valence electrons. The Morgan fingerprint density at radius 2 is 1.83 bits per heavy atom. The third-order valence-corrected chi connectivity index (χ3v) is 2.67. The molecule has 0 unspecified atom stereocenters. The van der Waals surface area contributed by atoms with Crippen LogP contribution in [0.4, 0.5) is 0 Å². The largest absolute Gasteiger partial charge is 0.475 e. The van der Waals surface area contributed by atoms with Crippen LogP contribution in [0.15, 0.2) is 16.9 Å². The van der Waals surface area contributed by atoms with E-state index in [4.69, 9.17) is 5.11 Å². The molecule has 0 saturated heterocycles. The van der Waals surface area contributed by atoms with Crippen LogP contribution in [0.3, 0.4) is 0 Å². The average Bonchev–Trinajstić information content (AvgIpc) is 2.59. The van der Waals surface area contributed by atoms with Crippen molar-refractivity contribution in [2.75, 3.05) is 0 Å². The Hall–Kier alpha value is -2.37. The van der Waals surface area contributed by atoms with Crippen molar-refractivity contribution in [3.8, 4) is 5.69 Å². The van der Waals surface area contributed by atoms with Gasteiger partial charge in [0.15, 0.2) is 0 Å². The summed E-state index contributed by atoms with van der Waals surface area (Å²) >= 11 is 0.